The maximum Gasteiger partial charge on any atom is 0.155 e. The van der Waals surface area contributed by atoms with E-state index in [1.165, 1.54) is 0 Å². The molecule has 0 bridgehead atoms. The van der Waals surface area contributed by atoms with Crippen molar-refractivity contribution in [2.75, 3.05) is 12.4 Å². The Morgan fingerprint density at radius 3 is 2.80 bits per heavy atom. The number of methoxy groups -OCH3 is 1. The first-order chi connectivity index (χ1) is 9.72. The Bertz CT molecular complexity index is 682. The number of aliphatic hydroxyl groups excluding tert-OH is 2. The zero-order valence-electron chi connectivity index (χ0n) is 10.9. The molecule has 3 rings (SSSR count). The number of hydrogen-bond donors (Lipinski definition) is 3. The number of aromatic nitrogens is 1. The minimum Gasteiger partial charge on any atom is -0.505 e. The van der Waals surface area contributed by atoms with E-state index in [0.717, 1.165) is 0 Å². The topological polar surface area (TPSA) is 74.6 Å². The number of hydrogen-bond acceptors (Lipinski definition) is 5. The van der Waals surface area contributed by atoms with Crippen molar-refractivity contribution >= 4 is 17.0 Å². The van der Waals surface area contributed by atoms with E-state index in [0.29, 0.717) is 28.3 Å². The molecule has 20 heavy (non-hydrogen) atoms. The predicted molar refractivity (Wildman–Crippen MR) is 76.3 cm³/mol. The van der Waals surface area contributed by atoms with Crippen LogP contribution in [0.3, 0.4) is 0 Å². The highest BCUT2D eigenvalue weighted by molar-refractivity contribution is 5.96. The number of nitrogens with zero attached hydrogens (tertiary/aromatic N) is 1. The monoisotopic (exact) mass is 270 g/mol. The molecule has 0 radical (unpaired) electrons. The van der Waals surface area contributed by atoms with Crippen LogP contribution in [0, 0.1) is 0 Å². The Kier molecular flexibility index (Phi) is 3.04. The Labute approximate surface area is 116 Å². The lowest BCUT2D eigenvalue weighted by Gasteiger charge is -2.26. The summed E-state index contributed by atoms with van der Waals surface area (Å²) in [6.45, 7) is 0. The van der Waals surface area contributed by atoms with Crippen LogP contribution >= 0.6 is 0 Å². The van der Waals surface area contributed by atoms with Crippen LogP contribution in [-0.4, -0.2) is 28.5 Å². The SMILES string of the molecule is COc1ccccc1C1=C(O)c2ncccc2NC1O. The van der Waals surface area contributed by atoms with E-state index >= 15 is 0 Å². The fourth-order valence-corrected chi connectivity index (χ4v) is 2.33. The van der Waals surface area contributed by atoms with Gasteiger partial charge in [-0.15, -0.1) is 0 Å². The van der Waals surface area contributed by atoms with E-state index in [2.05, 4.69) is 10.3 Å². The third-order valence-electron chi connectivity index (χ3n) is 3.25. The van der Waals surface area contributed by atoms with Gasteiger partial charge in [0.05, 0.1) is 18.4 Å². The number of ether oxygens (including phenoxy) is 1. The molecule has 1 atom stereocenters. The molecule has 0 fully saturated rings. The van der Waals surface area contributed by atoms with Crippen molar-refractivity contribution in [2.24, 2.45) is 0 Å². The highest BCUT2D eigenvalue weighted by Crippen LogP contribution is 2.38. The Morgan fingerprint density at radius 2 is 2.00 bits per heavy atom. The second-order valence-corrected chi connectivity index (χ2v) is 4.41. The number of aliphatic hydroxyl groups is 2. The molecule has 2 aromatic rings. The van der Waals surface area contributed by atoms with Crippen molar-refractivity contribution in [1.29, 1.82) is 0 Å². The van der Waals surface area contributed by atoms with Crippen LogP contribution in [-0.2, 0) is 0 Å². The Balaban J connectivity index is 2.22. The second kappa shape index (κ2) is 4.86. The minimum absolute atomic E-state index is 0.0450. The van der Waals surface area contributed by atoms with Crippen LogP contribution in [0.2, 0.25) is 0 Å². The van der Waals surface area contributed by atoms with Gasteiger partial charge in [-0.05, 0) is 18.2 Å². The molecule has 0 saturated carbocycles. The standard InChI is InChI=1S/C15H14N2O3/c1-20-11-7-3-2-5-9(11)12-14(18)13-10(17-15(12)19)6-4-8-16-13/h2-8,15,17-19H,1H3. The molecule has 5 nitrogen and oxygen atoms in total. The molecule has 3 N–H and O–H groups in total. The molecule has 0 amide bonds. The van der Waals surface area contributed by atoms with Crippen molar-refractivity contribution in [3.8, 4) is 5.75 Å². The number of pyridine rings is 1. The van der Waals surface area contributed by atoms with Gasteiger partial charge in [-0.25, -0.2) is 0 Å². The molecule has 2 heterocycles. The zero-order valence-corrected chi connectivity index (χ0v) is 10.9. The van der Waals surface area contributed by atoms with E-state index < -0.39 is 6.23 Å². The van der Waals surface area contributed by atoms with Gasteiger partial charge in [0.1, 0.15) is 11.4 Å². The molecule has 0 aliphatic carbocycles. The summed E-state index contributed by atoms with van der Waals surface area (Å²) in [6, 6.07) is 10.7. The number of rotatable bonds is 2. The predicted octanol–water partition coefficient (Wildman–Crippen LogP) is 2.26. The molecule has 102 valence electrons. The van der Waals surface area contributed by atoms with Crippen LogP contribution < -0.4 is 10.1 Å². The summed E-state index contributed by atoms with van der Waals surface area (Å²) in [7, 11) is 1.55. The van der Waals surface area contributed by atoms with E-state index in [-0.39, 0.29) is 5.76 Å². The van der Waals surface area contributed by atoms with Gasteiger partial charge >= 0.3 is 0 Å². The molecular formula is C15H14N2O3. The summed E-state index contributed by atoms with van der Waals surface area (Å²) in [5, 5.41) is 23.6. The number of fused-ring (bicyclic) bond motifs is 1. The normalized spacial score (nSPS) is 17.4. The van der Waals surface area contributed by atoms with Gasteiger partial charge in [-0.1, -0.05) is 18.2 Å². The summed E-state index contributed by atoms with van der Waals surface area (Å²) in [4.78, 5) is 4.14. The van der Waals surface area contributed by atoms with Gasteiger partial charge in [0.15, 0.2) is 12.0 Å². The van der Waals surface area contributed by atoms with Crippen LogP contribution in [0.4, 0.5) is 5.69 Å². The summed E-state index contributed by atoms with van der Waals surface area (Å²) in [5.41, 5.74) is 1.99. The van der Waals surface area contributed by atoms with Gasteiger partial charge < -0.3 is 20.3 Å². The molecule has 1 aliphatic heterocycles. The Morgan fingerprint density at radius 1 is 1.20 bits per heavy atom. The number of nitrogens with one attached hydrogen (secondary N) is 1. The molecule has 1 unspecified atom stereocenters. The second-order valence-electron chi connectivity index (χ2n) is 4.41. The molecular weight excluding hydrogens is 256 g/mol. The number of para-hydroxylation sites is 1. The molecule has 5 heteroatoms. The van der Waals surface area contributed by atoms with Gasteiger partial charge in [-0.2, -0.15) is 0 Å². The lowest BCUT2D eigenvalue weighted by Crippen LogP contribution is -2.26. The molecule has 1 aromatic carbocycles. The first kappa shape index (κ1) is 12.5. The largest absolute Gasteiger partial charge is 0.505 e. The van der Waals surface area contributed by atoms with Crippen molar-refractivity contribution in [3.05, 3.63) is 53.9 Å². The highest BCUT2D eigenvalue weighted by Gasteiger charge is 2.28. The summed E-state index contributed by atoms with van der Waals surface area (Å²) < 4.78 is 5.28. The summed E-state index contributed by atoms with van der Waals surface area (Å²) in [6.07, 6.45) is 0.567. The van der Waals surface area contributed by atoms with Crippen LogP contribution in [0.25, 0.3) is 11.3 Å². The quantitative estimate of drug-likeness (QED) is 0.780. The van der Waals surface area contributed by atoms with Crippen LogP contribution in [0.1, 0.15) is 11.3 Å². The third kappa shape index (κ3) is 1.88. The zero-order chi connectivity index (χ0) is 14.1. The summed E-state index contributed by atoms with van der Waals surface area (Å²) in [5.74, 6) is 0.533. The first-order valence-electron chi connectivity index (χ1n) is 6.19. The van der Waals surface area contributed by atoms with E-state index in [9.17, 15) is 10.2 Å². The highest BCUT2D eigenvalue weighted by atomic mass is 16.5. The van der Waals surface area contributed by atoms with Crippen molar-refractivity contribution < 1.29 is 14.9 Å². The van der Waals surface area contributed by atoms with E-state index in [4.69, 9.17) is 4.74 Å². The van der Waals surface area contributed by atoms with Gasteiger partial charge in [0.2, 0.25) is 0 Å². The molecule has 0 spiro atoms. The van der Waals surface area contributed by atoms with E-state index in [1.54, 1.807) is 37.6 Å². The maximum absolute atomic E-state index is 10.4. The van der Waals surface area contributed by atoms with Gasteiger partial charge in [0.25, 0.3) is 0 Å². The van der Waals surface area contributed by atoms with Crippen LogP contribution in [0.15, 0.2) is 42.6 Å². The fraction of sp³-hybridized carbons (Fsp3) is 0.133. The minimum atomic E-state index is -1.03. The smallest absolute Gasteiger partial charge is 0.155 e. The Hall–Kier alpha value is -2.53. The average molecular weight is 270 g/mol. The molecule has 1 aliphatic rings. The first-order valence-corrected chi connectivity index (χ1v) is 6.19. The van der Waals surface area contributed by atoms with E-state index in [1.807, 2.05) is 12.1 Å². The van der Waals surface area contributed by atoms with Crippen molar-refractivity contribution in [1.82, 2.24) is 4.98 Å². The van der Waals surface area contributed by atoms with Gasteiger partial charge in [-0.3, -0.25) is 4.98 Å². The van der Waals surface area contributed by atoms with Crippen LogP contribution in [0.5, 0.6) is 5.75 Å². The lowest BCUT2D eigenvalue weighted by molar-refractivity contribution is 0.257. The number of anilines is 1. The molecule has 0 saturated heterocycles. The summed E-state index contributed by atoms with van der Waals surface area (Å²) >= 11 is 0. The number of benzene rings is 1. The fourth-order valence-electron chi connectivity index (χ4n) is 2.33. The molecule has 1 aromatic heterocycles. The third-order valence-corrected chi connectivity index (χ3v) is 3.25. The van der Waals surface area contributed by atoms with Gasteiger partial charge in [0, 0.05) is 11.8 Å². The van der Waals surface area contributed by atoms with Crippen molar-refractivity contribution in [3.63, 3.8) is 0 Å². The average Bonchev–Trinajstić information content (AvgIpc) is 2.48. The van der Waals surface area contributed by atoms with Crippen molar-refractivity contribution in [2.45, 2.75) is 6.23 Å². The maximum atomic E-state index is 10.4. The lowest BCUT2D eigenvalue weighted by atomic mass is 9.97.